The highest BCUT2D eigenvalue weighted by atomic mass is 32.2. The van der Waals surface area contributed by atoms with Gasteiger partial charge in [-0.1, -0.05) is 6.42 Å². The summed E-state index contributed by atoms with van der Waals surface area (Å²) in [6.07, 6.45) is 4.62. The summed E-state index contributed by atoms with van der Waals surface area (Å²) in [4.78, 5) is 24.2. The summed E-state index contributed by atoms with van der Waals surface area (Å²) < 4.78 is 29.7. The first-order valence-electron chi connectivity index (χ1n) is 9.24. The molecule has 3 rings (SSSR count). The van der Waals surface area contributed by atoms with Gasteiger partial charge in [-0.05, 0) is 57.3 Å². The predicted octanol–water partition coefficient (Wildman–Crippen LogP) is 0.895. The number of carbonyl (C=O) groups excluding carboxylic acids is 2. The van der Waals surface area contributed by atoms with Gasteiger partial charge in [0.2, 0.25) is 10.0 Å². The molecule has 0 aromatic carbocycles. The molecule has 2 bridgehead atoms. The number of rotatable bonds is 6. The minimum absolute atomic E-state index is 0.0668. The lowest BCUT2D eigenvalue weighted by Gasteiger charge is -2.29. The van der Waals surface area contributed by atoms with Gasteiger partial charge in [-0.15, -0.1) is 0 Å². The number of hydrogen-bond acceptors (Lipinski definition) is 5. The molecule has 0 aromatic rings. The van der Waals surface area contributed by atoms with Gasteiger partial charge in [-0.25, -0.2) is 8.42 Å². The molecular formula is C17H28N2O5S. The van der Waals surface area contributed by atoms with Crippen LogP contribution in [0.3, 0.4) is 0 Å². The zero-order valence-electron chi connectivity index (χ0n) is 14.9. The zero-order valence-corrected chi connectivity index (χ0v) is 15.8. The third-order valence-corrected chi connectivity index (χ3v) is 7.89. The molecule has 3 fully saturated rings. The maximum atomic E-state index is 12.3. The quantitative estimate of drug-likeness (QED) is 0.699. The van der Waals surface area contributed by atoms with Crippen LogP contribution in [-0.4, -0.2) is 55.6 Å². The maximum absolute atomic E-state index is 12.3. The molecule has 5 atom stereocenters. The summed E-state index contributed by atoms with van der Waals surface area (Å²) in [5, 5.41) is 2.97. The first-order valence-corrected chi connectivity index (χ1v) is 10.8. The van der Waals surface area contributed by atoms with Crippen LogP contribution >= 0.6 is 0 Å². The number of carbonyl (C=O) groups is 2. The van der Waals surface area contributed by atoms with E-state index in [4.69, 9.17) is 4.74 Å². The summed E-state index contributed by atoms with van der Waals surface area (Å²) in [7, 11) is -3.34. The van der Waals surface area contributed by atoms with E-state index in [9.17, 15) is 18.0 Å². The van der Waals surface area contributed by atoms with Crippen molar-refractivity contribution in [3.63, 3.8) is 0 Å². The van der Waals surface area contributed by atoms with Gasteiger partial charge in [-0.3, -0.25) is 9.59 Å². The SMILES string of the molecule is C[C@H](OC(=O)CN1CCCS1(=O)=O)C(=O)N[C@H](C)[C@H]1C[C@H]2CC[C@H]1C2. The Labute approximate surface area is 149 Å². The van der Waals surface area contributed by atoms with Crippen molar-refractivity contribution >= 4 is 21.9 Å². The van der Waals surface area contributed by atoms with Gasteiger partial charge < -0.3 is 10.1 Å². The fourth-order valence-corrected chi connectivity index (χ4v) is 6.12. The Morgan fingerprint density at radius 1 is 1.24 bits per heavy atom. The lowest BCUT2D eigenvalue weighted by molar-refractivity contribution is -0.155. The van der Waals surface area contributed by atoms with Crippen molar-refractivity contribution in [1.82, 2.24) is 9.62 Å². The van der Waals surface area contributed by atoms with E-state index in [1.54, 1.807) is 0 Å². The van der Waals surface area contributed by atoms with E-state index in [0.29, 0.717) is 24.8 Å². The van der Waals surface area contributed by atoms with Gasteiger partial charge in [0.1, 0.15) is 6.54 Å². The topological polar surface area (TPSA) is 92.8 Å². The van der Waals surface area contributed by atoms with Crippen LogP contribution in [0.2, 0.25) is 0 Å². The van der Waals surface area contributed by atoms with Crippen LogP contribution < -0.4 is 5.32 Å². The van der Waals surface area contributed by atoms with Gasteiger partial charge in [0, 0.05) is 12.6 Å². The van der Waals surface area contributed by atoms with Crippen molar-refractivity contribution in [2.45, 2.75) is 58.1 Å². The van der Waals surface area contributed by atoms with Gasteiger partial charge in [0.25, 0.3) is 5.91 Å². The number of hydrogen-bond donors (Lipinski definition) is 1. The minimum atomic E-state index is -3.34. The van der Waals surface area contributed by atoms with Crippen molar-refractivity contribution in [2.24, 2.45) is 17.8 Å². The number of nitrogens with zero attached hydrogens (tertiary/aromatic N) is 1. The number of esters is 1. The van der Waals surface area contributed by atoms with Crippen LogP contribution in [0.5, 0.6) is 0 Å². The fourth-order valence-electron chi connectivity index (χ4n) is 4.66. The summed E-state index contributed by atoms with van der Waals surface area (Å²) in [6, 6.07) is 0.0721. The van der Waals surface area contributed by atoms with Crippen molar-refractivity contribution in [3.8, 4) is 0 Å². The normalized spacial score (nSPS) is 33.1. The highest BCUT2D eigenvalue weighted by molar-refractivity contribution is 7.89. The van der Waals surface area contributed by atoms with E-state index in [0.717, 1.165) is 10.2 Å². The van der Waals surface area contributed by atoms with E-state index in [1.165, 1.54) is 32.6 Å². The molecular weight excluding hydrogens is 344 g/mol. The Balaban J connectivity index is 1.45. The average Bonchev–Trinajstić information content (AvgIpc) is 3.23. The molecule has 142 valence electrons. The average molecular weight is 372 g/mol. The third kappa shape index (κ3) is 4.16. The monoisotopic (exact) mass is 372 g/mol. The predicted molar refractivity (Wildman–Crippen MR) is 92.1 cm³/mol. The highest BCUT2D eigenvalue weighted by Crippen LogP contribution is 2.49. The van der Waals surface area contributed by atoms with Crippen molar-refractivity contribution < 1.29 is 22.7 Å². The Morgan fingerprint density at radius 2 is 2.00 bits per heavy atom. The Morgan fingerprint density at radius 3 is 2.56 bits per heavy atom. The molecule has 2 aliphatic carbocycles. The van der Waals surface area contributed by atoms with E-state index in [2.05, 4.69) is 5.32 Å². The third-order valence-electron chi connectivity index (χ3n) is 5.99. The van der Waals surface area contributed by atoms with E-state index < -0.39 is 22.1 Å². The molecule has 3 aliphatic rings. The van der Waals surface area contributed by atoms with Crippen LogP contribution in [-0.2, 0) is 24.3 Å². The molecule has 25 heavy (non-hydrogen) atoms. The molecule has 0 unspecified atom stereocenters. The highest BCUT2D eigenvalue weighted by Gasteiger charge is 2.42. The van der Waals surface area contributed by atoms with Crippen molar-refractivity contribution in [2.75, 3.05) is 18.8 Å². The first kappa shape index (κ1) is 18.6. The van der Waals surface area contributed by atoms with Crippen LogP contribution in [0, 0.1) is 17.8 Å². The molecule has 8 heteroatoms. The van der Waals surface area contributed by atoms with Crippen molar-refractivity contribution in [1.29, 1.82) is 0 Å². The van der Waals surface area contributed by atoms with E-state index in [-0.39, 0.29) is 24.2 Å². The van der Waals surface area contributed by atoms with Crippen molar-refractivity contribution in [3.05, 3.63) is 0 Å². The zero-order chi connectivity index (χ0) is 18.2. The number of amides is 1. The lowest BCUT2D eigenvalue weighted by Crippen LogP contribution is -2.45. The summed E-state index contributed by atoms with van der Waals surface area (Å²) in [6.45, 7) is 3.56. The van der Waals surface area contributed by atoms with Gasteiger partial charge >= 0.3 is 5.97 Å². The van der Waals surface area contributed by atoms with Crippen LogP contribution in [0.4, 0.5) is 0 Å². The van der Waals surface area contributed by atoms with Crippen LogP contribution in [0.25, 0.3) is 0 Å². The Hall–Kier alpha value is -1.15. The molecule has 0 aromatic heterocycles. The molecule has 1 N–H and O–H groups in total. The number of fused-ring (bicyclic) bond motifs is 2. The smallest absolute Gasteiger partial charge is 0.322 e. The Kier molecular flexibility index (Phi) is 5.39. The second-order valence-electron chi connectivity index (χ2n) is 7.77. The molecule has 0 radical (unpaired) electrons. The summed E-state index contributed by atoms with van der Waals surface area (Å²) in [5.74, 6) is 1.11. The molecule has 1 amide bonds. The molecule has 1 aliphatic heterocycles. The summed E-state index contributed by atoms with van der Waals surface area (Å²) in [5.41, 5.74) is 0. The molecule has 0 spiro atoms. The van der Waals surface area contributed by atoms with Gasteiger partial charge in [0.15, 0.2) is 6.10 Å². The molecule has 1 saturated heterocycles. The standard InChI is InChI=1S/C17H28N2O5S/c1-11(15-9-13-4-5-14(15)8-13)18-17(21)12(2)24-16(20)10-19-6-3-7-25(19,22)23/h11-15H,3-10H2,1-2H3,(H,18,21)/t11-,12+,13+,14+,15-/m1/s1. The largest absolute Gasteiger partial charge is 0.452 e. The Bertz CT molecular complexity index is 635. The van der Waals surface area contributed by atoms with Gasteiger partial charge in [0.05, 0.1) is 5.75 Å². The molecule has 1 heterocycles. The van der Waals surface area contributed by atoms with Crippen LogP contribution in [0.15, 0.2) is 0 Å². The summed E-state index contributed by atoms with van der Waals surface area (Å²) >= 11 is 0. The van der Waals surface area contributed by atoms with E-state index in [1.807, 2.05) is 6.92 Å². The molecule has 7 nitrogen and oxygen atoms in total. The second kappa shape index (κ2) is 7.23. The van der Waals surface area contributed by atoms with Crippen LogP contribution in [0.1, 0.15) is 46.0 Å². The van der Waals surface area contributed by atoms with E-state index >= 15 is 0 Å². The second-order valence-corrected chi connectivity index (χ2v) is 9.86. The number of nitrogens with one attached hydrogen (secondary N) is 1. The first-order chi connectivity index (χ1) is 11.8. The minimum Gasteiger partial charge on any atom is -0.452 e. The number of ether oxygens (including phenoxy) is 1. The van der Waals surface area contributed by atoms with Gasteiger partial charge in [-0.2, -0.15) is 4.31 Å². The fraction of sp³-hybridized carbons (Fsp3) is 0.882. The lowest BCUT2D eigenvalue weighted by atomic mass is 9.84. The number of sulfonamides is 1. The molecule has 2 saturated carbocycles. The maximum Gasteiger partial charge on any atom is 0.322 e.